The normalized spacial score (nSPS) is 13.1. The van der Waals surface area contributed by atoms with Crippen molar-refractivity contribution in [2.45, 2.75) is 38.6 Å². The quantitative estimate of drug-likeness (QED) is 0.572. The summed E-state index contributed by atoms with van der Waals surface area (Å²) in [5.74, 6) is 0. The molecule has 0 aromatic heterocycles. The molecule has 2 nitrogen and oxygen atoms in total. The van der Waals surface area contributed by atoms with Crippen LogP contribution >= 0.6 is 0 Å². The van der Waals surface area contributed by atoms with Gasteiger partial charge in [-0.3, -0.25) is 0 Å². The summed E-state index contributed by atoms with van der Waals surface area (Å²) in [7, 11) is 4.26. The lowest BCUT2D eigenvalue weighted by molar-refractivity contribution is 0.349. The Morgan fingerprint density at radius 1 is 1.36 bits per heavy atom. The Morgan fingerprint density at radius 2 is 2.07 bits per heavy atom. The lowest BCUT2D eigenvalue weighted by Gasteiger charge is -2.20. The van der Waals surface area contributed by atoms with Gasteiger partial charge < -0.3 is 10.2 Å². The van der Waals surface area contributed by atoms with Gasteiger partial charge in [0.05, 0.1) is 0 Å². The highest BCUT2D eigenvalue weighted by Gasteiger charge is 2.06. The average Bonchev–Trinajstić information content (AvgIpc) is 2.16. The van der Waals surface area contributed by atoms with E-state index in [4.69, 9.17) is 0 Å². The minimum atomic E-state index is 0.662. The summed E-state index contributed by atoms with van der Waals surface area (Å²) in [4.78, 5) is 2.24. The first-order chi connectivity index (χ1) is 6.70. The highest BCUT2D eigenvalue weighted by molar-refractivity contribution is 4.74. The van der Waals surface area contributed by atoms with Crippen molar-refractivity contribution in [3.05, 3.63) is 12.7 Å². The molecule has 0 aliphatic carbocycles. The molecule has 0 fully saturated rings. The molecule has 0 aliphatic heterocycles. The first-order valence-corrected chi connectivity index (χ1v) is 5.69. The molecule has 0 aromatic carbocycles. The summed E-state index contributed by atoms with van der Waals surface area (Å²) < 4.78 is 0. The van der Waals surface area contributed by atoms with Gasteiger partial charge in [-0.15, -0.1) is 6.58 Å². The second-order valence-corrected chi connectivity index (χ2v) is 4.11. The SMILES string of the molecule is C=CCCC(CCN(C)C)NCCC. The van der Waals surface area contributed by atoms with Crippen molar-refractivity contribution in [2.24, 2.45) is 0 Å². The summed E-state index contributed by atoms with van der Waals surface area (Å²) in [5, 5.41) is 3.59. The smallest absolute Gasteiger partial charge is 0.00821 e. The van der Waals surface area contributed by atoms with Gasteiger partial charge in [0.2, 0.25) is 0 Å². The molecule has 1 N–H and O–H groups in total. The Hall–Kier alpha value is -0.340. The van der Waals surface area contributed by atoms with Crippen LogP contribution in [0.5, 0.6) is 0 Å². The predicted octanol–water partition coefficient (Wildman–Crippen LogP) is 2.27. The van der Waals surface area contributed by atoms with E-state index in [0.29, 0.717) is 6.04 Å². The Balaban J connectivity index is 3.65. The maximum absolute atomic E-state index is 3.77. The van der Waals surface area contributed by atoms with Crippen LogP contribution in [0.25, 0.3) is 0 Å². The molecule has 0 saturated carbocycles. The molecule has 2 heteroatoms. The molecule has 1 unspecified atom stereocenters. The Kier molecular flexibility index (Phi) is 9.00. The van der Waals surface area contributed by atoms with Crippen molar-refractivity contribution in [1.82, 2.24) is 10.2 Å². The van der Waals surface area contributed by atoms with E-state index in [-0.39, 0.29) is 0 Å². The van der Waals surface area contributed by atoms with Crippen molar-refractivity contribution in [2.75, 3.05) is 27.2 Å². The molecule has 0 bridgehead atoms. The predicted molar refractivity (Wildman–Crippen MR) is 64.7 cm³/mol. The number of nitrogens with one attached hydrogen (secondary N) is 1. The Labute approximate surface area is 89.4 Å². The average molecular weight is 198 g/mol. The molecule has 0 rings (SSSR count). The van der Waals surface area contributed by atoms with Crippen LogP contribution in [-0.2, 0) is 0 Å². The third kappa shape index (κ3) is 8.27. The molecule has 0 aromatic rings. The van der Waals surface area contributed by atoms with Gasteiger partial charge in [0.1, 0.15) is 0 Å². The summed E-state index contributed by atoms with van der Waals surface area (Å²) in [6.07, 6.45) is 6.80. The van der Waals surface area contributed by atoms with Crippen LogP contribution in [0.15, 0.2) is 12.7 Å². The van der Waals surface area contributed by atoms with E-state index < -0.39 is 0 Å². The van der Waals surface area contributed by atoms with Crippen molar-refractivity contribution in [3.8, 4) is 0 Å². The van der Waals surface area contributed by atoms with E-state index in [0.717, 1.165) is 13.0 Å². The van der Waals surface area contributed by atoms with Crippen LogP contribution in [-0.4, -0.2) is 38.1 Å². The van der Waals surface area contributed by atoms with Crippen LogP contribution in [0.3, 0.4) is 0 Å². The highest BCUT2D eigenvalue weighted by Crippen LogP contribution is 2.03. The Bertz CT molecular complexity index is 132. The summed E-state index contributed by atoms with van der Waals surface area (Å²) in [5.41, 5.74) is 0. The van der Waals surface area contributed by atoms with Crippen LogP contribution in [0, 0.1) is 0 Å². The van der Waals surface area contributed by atoms with Gasteiger partial charge in [-0.25, -0.2) is 0 Å². The fourth-order valence-corrected chi connectivity index (χ4v) is 1.43. The van der Waals surface area contributed by atoms with E-state index in [9.17, 15) is 0 Å². The third-order valence-electron chi connectivity index (χ3n) is 2.33. The number of allylic oxidation sites excluding steroid dienone is 1. The van der Waals surface area contributed by atoms with Gasteiger partial charge in [-0.1, -0.05) is 13.0 Å². The van der Waals surface area contributed by atoms with Crippen LogP contribution < -0.4 is 5.32 Å². The Morgan fingerprint density at radius 3 is 2.57 bits per heavy atom. The largest absolute Gasteiger partial charge is 0.314 e. The zero-order valence-corrected chi connectivity index (χ0v) is 10.1. The zero-order chi connectivity index (χ0) is 10.8. The summed E-state index contributed by atoms with van der Waals surface area (Å²) >= 11 is 0. The van der Waals surface area contributed by atoms with Gasteiger partial charge in [0.15, 0.2) is 0 Å². The van der Waals surface area contributed by atoms with Crippen molar-refractivity contribution >= 4 is 0 Å². The number of hydrogen-bond donors (Lipinski definition) is 1. The molecule has 0 radical (unpaired) electrons. The molecule has 0 aliphatic rings. The van der Waals surface area contributed by atoms with Crippen LogP contribution in [0.1, 0.15) is 32.6 Å². The number of hydrogen-bond acceptors (Lipinski definition) is 2. The fourth-order valence-electron chi connectivity index (χ4n) is 1.43. The van der Waals surface area contributed by atoms with Crippen molar-refractivity contribution in [3.63, 3.8) is 0 Å². The molecule has 1 atom stereocenters. The minimum Gasteiger partial charge on any atom is -0.314 e. The van der Waals surface area contributed by atoms with E-state index in [1.807, 2.05) is 6.08 Å². The van der Waals surface area contributed by atoms with E-state index in [1.54, 1.807) is 0 Å². The van der Waals surface area contributed by atoms with Crippen LogP contribution in [0.4, 0.5) is 0 Å². The van der Waals surface area contributed by atoms with Crippen molar-refractivity contribution in [1.29, 1.82) is 0 Å². The monoisotopic (exact) mass is 198 g/mol. The van der Waals surface area contributed by atoms with E-state index >= 15 is 0 Å². The molecule has 0 amide bonds. The summed E-state index contributed by atoms with van der Waals surface area (Å²) in [6.45, 7) is 8.28. The zero-order valence-electron chi connectivity index (χ0n) is 10.1. The van der Waals surface area contributed by atoms with Gasteiger partial charge in [-0.05, 0) is 52.9 Å². The highest BCUT2D eigenvalue weighted by atomic mass is 15.1. The van der Waals surface area contributed by atoms with Gasteiger partial charge in [0, 0.05) is 6.04 Å². The molecule has 0 saturated heterocycles. The molecule has 14 heavy (non-hydrogen) atoms. The van der Waals surface area contributed by atoms with Gasteiger partial charge >= 0.3 is 0 Å². The third-order valence-corrected chi connectivity index (χ3v) is 2.33. The maximum atomic E-state index is 3.77. The number of nitrogens with zero attached hydrogens (tertiary/aromatic N) is 1. The minimum absolute atomic E-state index is 0.662. The topological polar surface area (TPSA) is 15.3 Å². The molecule has 84 valence electrons. The van der Waals surface area contributed by atoms with Crippen molar-refractivity contribution < 1.29 is 0 Å². The fraction of sp³-hybridized carbons (Fsp3) is 0.833. The lowest BCUT2D eigenvalue weighted by atomic mass is 10.1. The first kappa shape index (κ1) is 13.7. The van der Waals surface area contributed by atoms with Gasteiger partial charge in [0.25, 0.3) is 0 Å². The summed E-state index contributed by atoms with van der Waals surface area (Å²) in [6, 6.07) is 0.662. The maximum Gasteiger partial charge on any atom is 0.00821 e. The van der Waals surface area contributed by atoms with Crippen LogP contribution in [0.2, 0.25) is 0 Å². The molecular formula is C12H26N2. The molecule has 0 spiro atoms. The van der Waals surface area contributed by atoms with E-state index in [1.165, 1.54) is 25.8 Å². The second kappa shape index (κ2) is 9.22. The second-order valence-electron chi connectivity index (χ2n) is 4.11. The van der Waals surface area contributed by atoms with E-state index in [2.05, 4.69) is 37.8 Å². The lowest BCUT2D eigenvalue weighted by Crippen LogP contribution is -2.32. The van der Waals surface area contributed by atoms with Gasteiger partial charge in [-0.2, -0.15) is 0 Å². The molecular weight excluding hydrogens is 172 g/mol. The molecule has 0 heterocycles. The standard InChI is InChI=1S/C12H26N2/c1-5-7-8-12(13-10-6-2)9-11-14(3)4/h5,12-13H,1,6-11H2,2-4H3. The first-order valence-electron chi connectivity index (χ1n) is 5.69. The number of rotatable bonds is 9.